The van der Waals surface area contributed by atoms with Gasteiger partial charge in [0.05, 0.1) is 24.4 Å². The predicted octanol–water partition coefficient (Wildman–Crippen LogP) is 4.29. The highest BCUT2D eigenvalue weighted by atomic mass is 16.5. The number of anilines is 1. The first-order valence-corrected chi connectivity index (χ1v) is 11.2. The number of hydrogen-bond donors (Lipinski definition) is 1. The normalized spacial score (nSPS) is 21.0. The van der Waals surface area contributed by atoms with Gasteiger partial charge in [0.15, 0.2) is 0 Å². The Hall–Kier alpha value is -4.00. The molecule has 0 saturated carbocycles. The first-order chi connectivity index (χ1) is 16.3. The Morgan fingerprint density at radius 1 is 1.12 bits per heavy atom. The number of ketones is 1. The zero-order valence-corrected chi connectivity index (χ0v) is 19.3. The van der Waals surface area contributed by atoms with Gasteiger partial charge in [0.1, 0.15) is 23.4 Å². The summed E-state index contributed by atoms with van der Waals surface area (Å²) < 4.78 is 11.2. The van der Waals surface area contributed by atoms with Gasteiger partial charge in [-0.1, -0.05) is 12.1 Å². The van der Waals surface area contributed by atoms with Crippen molar-refractivity contribution in [1.29, 1.82) is 0 Å². The van der Waals surface area contributed by atoms with Crippen LogP contribution >= 0.6 is 0 Å². The van der Waals surface area contributed by atoms with Crippen LogP contribution in [-0.2, 0) is 22.6 Å². The van der Waals surface area contributed by atoms with Gasteiger partial charge < -0.3 is 24.1 Å². The molecular formula is C27H26N2O5. The van der Waals surface area contributed by atoms with Gasteiger partial charge in [0.2, 0.25) is 0 Å². The molecule has 1 aromatic heterocycles. The zero-order chi connectivity index (χ0) is 24.0. The monoisotopic (exact) mass is 458 g/mol. The molecule has 2 aliphatic rings. The van der Waals surface area contributed by atoms with Crippen LogP contribution in [0, 0.1) is 0 Å². The third-order valence-electron chi connectivity index (χ3n) is 6.34. The smallest absolute Gasteiger partial charge is 0.296 e. The average Bonchev–Trinajstić information content (AvgIpc) is 3.53. The van der Waals surface area contributed by atoms with Crippen LogP contribution in [0.1, 0.15) is 35.4 Å². The van der Waals surface area contributed by atoms with Crippen molar-refractivity contribution in [2.75, 3.05) is 19.0 Å². The number of rotatable bonds is 5. The molecule has 174 valence electrons. The number of amides is 1. The number of carbonyl (C=O) groups is 2. The Kier molecular flexibility index (Phi) is 5.40. The number of nitrogens with zero attached hydrogens (tertiary/aromatic N) is 2. The number of aliphatic hydroxyl groups excluding tert-OH is 1. The summed E-state index contributed by atoms with van der Waals surface area (Å²) in [5.74, 6) is -0.239. The number of furan rings is 1. The van der Waals surface area contributed by atoms with Crippen LogP contribution < -0.4 is 9.64 Å². The van der Waals surface area contributed by atoms with Gasteiger partial charge in [-0.25, -0.2) is 0 Å². The van der Waals surface area contributed by atoms with Crippen molar-refractivity contribution in [3.8, 4) is 5.75 Å². The van der Waals surface area contributed by atoms with E-state index in [1.54, 1.807) is 24.3 Å². The predicted molar refractivity (Wildman–Crippen MR) is 128 cm³/mol. The molecule has 34 heavy (non-hydrogen) atoms. The van der Waals surface area contributed by atoms with Crippen LogP contribution in [0.2, 0.25) is 0 Å². The highest BCUT2D eigenvalue weighted by molar-refractivity contribution is 6.46. The molecule has 0 radical (unpaired) electrons. The topological polar surface area (TPSA) is 83.2 Å². The Bertz CT molecular complexity index is 1270. The van der Waals surface area contributed by atoms with E-state index in [4.69, 9.17) is 9.15 Å². The fraction of sp³-hybridized carbons (Fsp3) is 0.259. The Morgan fingerprint density at radius 3 is 2.56 bits per heavy atom. The van der Waals surface area contributed by atoms with Crippen molar-refractivity contribution >= 4 is 23.1 Å². The standard InChI is InChI=1S/C27H26N2O5/c1-16-13-19-14-18(8-11-22(19)34-16)25(30)23-24(17-6-9-20(10-7-17)28(2)3)29(27(32)26(23)31)15-21-5-4-12-33-21/h4-12,14,16,24,30H,13,15H2,1-3H3/b25-23+/t16-,24+/m0/s1. The Balaban J connectivity index is 1.62. The Morgan fingerprint density at radius 2 is 1.88 bits per heavy atom. The van der Waals surface area contributed by atoms with E-state index in [-0.39, 0.29) is 24.0 Å². The molecule has 1 amide bonds. The minimum atomic E-state index is -0.746. The summed E-state index contributed by atoms with van der Waals surface area (Å²) in [5, 5.41) is 11.3. The molecule has 0 spiro atoms. The molecule has 1 N–H and O–H groups in total. The van der Waals surface area contributed by atoms with Crippen LogP contribution in [0.15, 0.2) is 70.9 Å². The molecule has 0 unspecified atom stereocenters. The summed E-state index contributed by atoms with van der Waals surface area (Å²) in [7, 11) is 3.88. The summed E-state index contributed by atoms with van der Waals surface area (Å²) in [6, 6.07) is 15.7. The molecule has 0 aliphatic carbocycles. The van der Waals surface area contributed by atoms with E-state index < -0.39 is 17.7 Å². The lowest BCUT2D eigenvalue weighted by molar-refractivity contribution is -0.140. The van der Waals surface area contributed by atoms with E-state index in [2.05, 4.69) is 0 Å². The number of likely N-dealkylation sites (tertiary alicyclic amines) is 1. The number of Topliss-reactive ketones (excluding diaryl/α,β-unsaturated/α-hetero) is 1. The van der Waals surface area contributed by atoms with Crippen molar-refractivity contribution in [1.82, 2.24) is 4.90 Å². The van der Waals surface area contributed by atoms with Gasteiger partial charge in [-0.05, 0) is 60.5 Å². The molecule has 2 aromatic carbocycles. The van der Waals surface area contributed by atoms with Crippen LogP contribution in [0.5, 0.6) is 5.75 Å². The first kappa shape index (κ1) is 21.8. The highest BCUT2D eigenvalue weighted by Gasteiger charge is 2.46. The first-order valence-electron chi connectivity index (χ1n) is 11.2. The minimum absolute atomic E-state index is 0.0569. The maximum Gasteiger partial charge on any atom is 0.296 e. The number of aliphatic hydroxyl groups is 1. The zero-order valence-electron chi connectivity index (χ0n) is 19.3. The molecule has 3 heterocycles. The van der Waals surface area contributed by atoms with Gasteiger partial charge in [-0.15, -0.1) is 0 Å². The fourth-order valence-electron chi connectivity index (χ4n) is 4.64. The average molecular weight is 459 g/mol. The van der Waals surface area contributed by atoms with E-state index >= 15 is 0 Å². The number of benzene rings is 2. The third-order valence-corrected chi connectivity index (χ3v) is 6.34. The van der Waals surface area contributed by atoms with Gasteiger partial charge >= 0.3 is 0 Å². The summed E-state index contributed by atoms with van der Waals surface area (Å²) in [6.45, 7) is 2.10. The van der Waals surface area contributed by atoms with Gasteiger partial charge in [-0.2, -0.15) is 0 Å². The van der Waals surface area contributed by atoms with Crippen molar-refractivity contribution in [3.63, 3.8) is 0 Å². The summed E-state index contributed by atoms with van der Waals surface area (Å²) in [5.41, 5.74) is 3.24. The van der Waals surface area contributed by atoms with E-state index in [1.807, 2.05) is 56.3 Å². The van der Waals surface area contributed by atoms with E-state index in [1.165, 1.54) is 11.2 Å². The maximum absolute atomic E-state index is 13.2. The third kappa shape index (κ3) is 3.73. The lowest BCUT2D eigenvalue weighted by Crippen LogP contribution is -2.29. The van der Waals surface area contributed by atoms with E-state index in [0.29, 0.717) is 11.3 Å². The van der Waals surface area contributed by atoms with Crippen LogP contribution in [0.25, 0.3) is 5.76 Å². The van der Waals surface area contributed by atoms with Crippen LogP contribution in [0.3, 0.4) is 0 Å². The molecule has 5 rings (SSSR count). The second-order valence-electron chi connectivity index (χ2n) is 8.95. The number of fused-ring (bicyclic) bond motifs is 1. The van der Waals surface area contributed by atoms with Crippen molar-refractivity contribution in [2.45, 2.75) is 32.0 Å². The van der Waals surface area contributed by atoms with Crippen molar-refractivity contribution in [3.05, 3.63) is 88.9 Å². The highest BCUT2D eigenvalue weighted by Crippen LogP contribution is 2.41. The van der Waals surface area contributed by atoms with Crippen LogP contribution in [0.4, 0.5) is 5.69 Å². The second kappa shape index (κ2) is 8.41. The fourth-order valence-corrected chi connectivity index (χ4v) is 4.64. The lowest BCUT2D eigenvalue weighted by atomic mass is 9.94. The second-order valence-corrected chi connectivity index (χ2v) is 8.95. The van der Waals surface area contributed by atoms with Crippen molar-refractivity contribution in [2.24, 2.45) is 0 Å². The summed E-state index contributed by atoms with van der Waals surface area (Å²) in [6.07, 6.45) is 2.31. The molecule has 1 saturated heterocycles. The molecule has 2 aliphatic heterocycles. The van der Waals surface area contributed by atoms with Crippen molar-refractivity contribution < 1.29 is 23.8 Å². The molecule has 1 fully saturated rings. The number of carbonyl (C=O) groups excluding carboxylic acids is 2. The van der Waals surface area contributed by atoms with E-state index in [0.717, 1.165) is 29.0 Å². The largest absolute Gasteiger partial charge is 0.507 e. The number of ether oxygens (including phenoxy) is 1. The molecule has 7 heteroatoms. The van der Waals surface area contributed by atoms with Crippen LogP contribution in [-0.4, -0.2) is 41.9 Å². The van der Waals surface area contributed by atoms with Gasteiger partial charge in [0.25, 0.3) is 11.7 Å². The Labute approximate surface area is 197 Å². The quantitative estimate of drug-likeness (QED) is 0.349. The SMILES string of the molecule is C[C@H]1Cc2cc(/C(O)=C3\C(=O)C(=O)N(Cc4ccco4)[C@@H]3c3ccc(N(C)C)cc3)ccc2O1. The molecule has 2 atom stereocenters. The lowest BCUT2D eigenvalue weighted by Gasteiger charge is -2.25. The van der Waals surface area contributed by atoms with Gasteiger partial charge in [0, 0.05) is 31.8 Å². The van der Waals surface area contributed by atoms with Gasteiger partial charge in [-0.3, -0.25) is 9.59 Å². The molecular weight excluding hydrogens is 432 g/mol. The maximum atomic E-state index is 13.2. The summed E-state index contributed by atoms with van der Waals surface area (Å²) >= 11 is 0. The summed E-state index contributed by atoms with van der Waals surface area (Å²) in [4.78, 5) is 29.8. The molecule has 3 aromatic rings. The molecule has 0 bridgehead atoms. The van der Waals surface area contributed by atoms with E-state index in [9.17, 15) is 14.7 Å². The minimum Gasteiger partial charge on any atom is -0.507 e. The molecule has 7 nitrogen and oxygen atoms in total. The number of hydrogen-bond acceptors (Lipinski definition) is 6.